The summed E-state index contributed by atoms with van der Waals surface area (Å²) in [5.41, 5.74) is 9.35. The molecule has 6 heteroatoms. The third-order valence-corrected chi connectivity index (χ3v) is 6.84. The van der Waals surface area contributed by atoms with Gasteiger partial charge in [0.2, 0.25) is 0 Å². The third kappa shape index (κ3) is 6.32. The van der Waals surface area contributed by atoms with Gasteiger partial charge in [-0.25, -0.2) is 0 Å². The van der Waals surface area contributed by atoms with Crippen molar-refractivity contribution in [2.24, 2.45) is 5.73 Å². The van der Waals surface area contributed by atoms with E-state index in [1.807, 2.05) is 67.6 Å². The number of carbonyl (C=O) groups is 1. The van der Waals surface area contributed by atoms with Gasteiger partial charge in [0, 0.05) is 37.4 Å². The molecule has 1 aliphatic rings. The number of aliphatic hydroxyl groups is 1. The van der Waals surface area contributed by atoms with Gasteiger partial charge in [-0.3, -0.25) is 4.79 Å². The molecule has 1 heterocycles. The standard InChI is InChI=1S/C30H36N2O4/c1-21-9-3-5-14-27(21)36-29-15-6-4-12-25(29)28(35-2)16-8-13-26(33)22-10-7-11-23(19-22)30(34)32-18-17-24(31)20-32/h3-7,9-12,14-15,19,24,26,28,33H,8,13,16-18,20,31H2,1-2H3. The van der Waals surface area contributed by atoms with E-state index in [2.05, 4.69) is 0 Å². The molecule has 1 saturated heterocycles. The van der Waals surface area contributed by atoms with Crippen molar-refractivity contribution < 1.29 is 19.4 Å². The van der Waals surface area contributed by atoms with Crippen LogP contribution in [0, 0.1) is 6.92 Å². The van der Waals surface area contributed by atoms with E-state index in [1.54, 1.807) is 24.1 Å². The Balaban J connectivity index is 1.37. The Morgan fingerprint density at radius 2 is 1.81 bits per heavy atom. The fraction of sp³-hybridized carbons (Fsp3) is 0.367. The van der Waals surface area contributed by atoms with Crippen LogP contribution in [0.5, 0.6) is 11.5 Å². The highest BCUT2D eigenvalue weighted by Crippen LogP contribution is 2.35. The molecule has 36 heavy (non-hydrogen) atoms. The molecule has 6 nitrogen and oxygen atoms in total. The highest BCUT2D eigenvalue weighted by molar-refractivity contribution is 5.94. The topological polar surface area (TPSA) is 85.0 Å². The summed E-state index contributed by atoms with van der Waals surface area (Å²) in [5, 5.41) is 10.9. The van der Waals surface area contributed by atoms with Crippen LogP contribution in [0.1, 0.15) is 64.9 Å². The van der Waals surface area contributed by atoms with Gasteiger partial charge in [-0.1, -0.05) is 48.5 Å². The zero-order valence-electron chi connectivity index (χ0n) is 21.1. The molecule has 0 aromatic heterocycles. The molecule has 3 aromatic carbocycles. The van der Waals surface area contributed by atoms with Crippen molar-refractivity contribution in [3.8, 4) is 11.5 Å². The Morgan fingerprint density at radius 3 is 2.53 bits per heavy atom. The lowest BCUT2D eigenvalue weighted by Crippen LogP contribution is -2.31. The molecule has 190 valence electrons. The van der Waals surface area contributed by atoms with Crippen LogP contribution in [0.3, 0.4) is 0 Å². The average Bonchev–Trinajstić information content (AvgIpc) is 3.34. The van der Waals surface area contributed by atoms with E-state index in [-0.39, 0.29) is 18.1 Å². The minimum atomic E-state index is -0.658. The minimum Gasteiger partial charge on any atom is -0.457 e. The van der Waals surface area contributed by atoms with Crippen LogP contribution >= 0.6 is 0 Å². The fourth-order valence-corrected chi connectivity index (χ4v) is 4.73. The largest absolute Gasteiger partial charge is 0.457 e. The molecule has 3 atom stereocenters. The summed E-state index contributed by atoms with van der Waals surface area (Å²) in [4.78, 5) is 14.6. The molecule has 1 fully saturated rings. The summed E-state index contributed by atoms with van der Waals surface area (Å²) in [6.45, 7) is 3.29. The van der Waals surface area contributed by atoms with E-state index in [9.17, 15) is 9.90 Å². The van der Waals surface area contributed by atoms with Crippen molar-refractivity contribution in [2.75, 3.05) is 20.2 Å². The fourth-order valence-electron chi connectivity index (χ4n) is 4.73. The second-order valence-corrected chi connectivity index (χ2v) is 9.50. The highest BCUT2D eigenvalue weighted by Gasteiger charge is 2.25. The third-order valence-electron chi connectivity index (χ3n) is 6.84. The SMILES string of the molecule is COC(CCCC(O)c1cccc(C(=O)N2CCC(N)C2)c1)c1ccccc1Oc1ccccc1C. The number of ether oxygens (including phenoxy) is 2. The molecule has 0 radical (unpaired) electrons. The van der Waals surface area contributed by atoms with Crippen molar-refractivity contribution in [1.29, 1.82) is 0 Å². The predicted octanol–water partition coefficient (Wildman–Crippen LogP) is 5.55. The van der Waals surface area contributed by atoms with E-state index in [4.69, 9.17) is 15.2 Å². The summed E-state index contributed by atoms with van der Waals surface area (Å²) in [5.74, 6) is 1.56. The minimum absolute atomic E-state index is 0.0262. The van der Waals surface area contributed by atoms with Crippen molar-refractivity contribution in [2.45, 2.75) is 50.9 Å². The molecular formula is C30H36N2O4. The predicted molar refractivity (Wildman–Crippen MR) is 141 cm³/mol. The molecule has 3 N–H and O–H groups in total. The van der Waals surface area contributed by atoms with Gasteiger partial charge in [-0.15, -0.1) is 0 Å². The molecule has 0 spiro atoms. The quantitative estimate of drug-likeness (QED) is 0.391. The Bertz CT molecular complexity index is 1160. The number of carbonyl (C=O) groups excluding carboxylic acids is 1. The van der Waals surface area contributed by atoms with Crippen molar-refractivity contribution >= 4 is 5.91 Å². The summed E-state index contributed by atoms with van der Waals surface area (Å²) in [6, 6.07) is 23.2. The molecule has 1 amide bonds. The molecule has 4 rings (SSSR count). The van der Waals surface area contributed by atoms with Gasteiger partial charge in [0.25, 0.3) is 5.91 Å². The average molecular weight is 489 g/mol. The molecule has 0 bridgehead atoms. The Kier molecular flexibility index (Phi) is 8.75. The maximum Gasteiger partial charge on any atom is 0.253 e. The number of para-hydroxylation sites is 2. The van der Waals surface area contributed by atoms with Crippen LogP contribution in [0.25, 0.3) is 0 Å². The first-order chi connectivity index (χ1) is 17.5. The number of methoxy groups -OCH3 is 1. The second-order valence-electron chi connectivity index (χ2n) is 9.50. The van der Waals surface area contributed by atoms with Crippen LogP contribution in [0.4, 0.5) is 0 Å². The monoisotopic (exact) mass is 488 g/mol. The molecule has 1 aliphatic heterocycles. The van der Waals surface area contributed by atoms with Crippen LogP contribution in [-0.2, 0) is 4.74 Å². The van der Waals surface area contributed by atoms with Crippen molar-refractivity contribution in [3.05, 3.63) is 95.1 Å². The van der Waals surface area contributed by atoms with Crippen molar-refractivity contribution in [3.63, 3.8) is 0 Å². The smallest absolute Gasteiger partial charge is 0.253 e. The lowest BCUT2D eigenvalue weighted by Gasteiger charge is -2.21. The Labute approximate surface area is 213 Å². The number of hydrogen-bond donors (Lipinski definition) is 2. The molecular weight excluding hydrogens is 452 g/mol. The number of aliphatic hydroxyl groups excluding tert-OH is 1. The molecule has 0 aliphatic carbocycles. The first-order valence-corrected chi connectivity index (χ1v) is 12.6. The van der Waals surface area contributed by atoms with Gasteiger partial charge >= 0.3 is 0 Å². The maximum absolute atomic E-state index is 12.8. The van der Waals surface area contributed by atoms with E-state index < -0.39 is 6.10 Å². The summed E-state index contributed by atoms with van der Waals surface area (Å²) in [6.07, 6.45) is 2.05. The van der Waals surface area contributed by atoms with E-state index in [1.165, 1.54) is 0 Å². The highest BCUT2D eigenvalue weighted by atomic mass is 16.5. The van der Waals surface area contributed by atoms with E-state index >= 15 is 0 Å². The first-order valence-electron chi connectivity index (χ1n) is 12.6. The second kappa shape index (κ2) is 12.2. The number of nitrogens with zero attached hydrogens (tertiary/aromatic N) is 1. The zero-order chi connectivity index (χ0) is 25.5. The number of hydrogen-bond acceptors (Lipinski definition) is 5. The number of likely N-dealkylation sites (tertiary alicyclic amines) is 1. The number of benzene rings is 3. The van der Waals surface area contributed by atoms with Gasteiger partial charge in [0.15, 0.2) is 0 Å². The lowest BCUT2D eigenvalue weighted by molar-refractivity contribution is 0.0790. The van der Waals surface area contributed by atoms with Crippen molar-refractivity contribution in [1.82, 2.24) is 4.90 Å². The maximum atomic E-state index is 12.8. The van der Waals surface area contributed by atoms with Crippen LogP contribution in [0.15, 0.2) is 72.8 Å². The summed E-state index contributed by atoms with van der Waals surface area (Å²) < 4.78 is 12.1. The van der Waals surface area contributed by atoms with Crippen LogP contribution < -0.4 is 10.5 Å². The first kappa shape index (κ1) is 25.9. The van der Waals surface area contributed by atoms with E-state index in [0.717, 1.165) is 47.5 Å². The number of nitrogens with two attached hydrogens (primary N) is 1. The molecule has 3 aromatic rings. The zero-order valence-corrected chi connectivity index (χ0v) is 21.1. The lowest BCUT2D eigenvalue weighted by atomic mass is 9.97. The van der Waals surface area contributed by atoms with Gasteiger partial charge < -0.3 is 25.2 Å². The van der Waals surface area contributed by atoms with Gasteiger partial charge in [0.1, 0.15) is 11.5 Å². The van der Waals surface area contributed by atoms with Crippen LogP contribution in [0.2, 0.25) is 0 Å². The van der Waals surface area contributed by atoms with Crippen LogP contribution in [-0.4, -0.2) is 42.2 Å². The summed E-state index contributed by atoms with van der Waals surface area (Å²) in [7, 11) is 1.70. The van der Waals surface area contributed by atoms with Gasteiger partial charge in [-0.05, 0) is 68.0 Å². The number of amides is 1. The normalized spacial score (nSPS) is 17.1. The summed E-state index contributed by atoms with van der Waals surface area (Å²) >= 11 is 0. The van der Waals surface area contributed by atoms with Gasteiger partial charge in [-0.2, -0.15) is 0 Å². The Hall–Kier alpha value is -3.19. The van der Waals surface area contributed by atoms with E-state index in [0.29, 0.717) is 25.1 Å². The number of aryl methyl sites for hydroxylation is 1. The molecule has 3 unspecified atom stereocenters. The van der Waals surface area contributed by atoms with Gasteiger partial charge in [0.05, 0.1) is 12.2 Å². The molecule has 0 saturated carbocycles. The number of rotatable bonds is 10. The Morgan fingerprint density at radius 1 is 1.06 bits per heavy atom.